The molecule has 0 bridgehead atoms. The zero-order valence-corrected chi connectivity index (χ0v) is 23.4. The SMILES string of the molecule is CC(=O)Nc1nc2c(s1)-c1c(c(-c3ccc(C)nc3)nn1-c1ccc(C=NOCCN3CCOCC3)cc1)CC2. The lowest BCUT2D eigenvalue weighted by Crippen LogP contribution is -2.38. The molecule has 4 heterocycles. The molecule has 1 N–H and O–H groups in total. The van der Waals surface area contributed by atoms with Gasteiger partial charge in [0.05, 0.1) is 47.1 Å². The Morgan fingerprint density at radius 3 is 2.75 bits per heavy atom. The molecule has 10 nitrogen and oxygen atoms in total. The van der Waals surface area contributed by atoms with E-state index >= 15 is 0 Å². The zero-order valence-electron chi connectivity index (χ0n) is 22.6. The third kappa shape index (κ3) is 5.67. The fourth-order valence-corrected chi connectivity index (χ4v) is 6.06. The van der Waals surface area contributed by atoms with Gasteiger partial charge in [-0.1, -0.05) is 28.6 Å². The van der Waals surface area contributed by atoms with Crippen LogP contribution in [0.1, 0.15) is 29.4 Å². The van der Waals surface area contributed by atoms with Crippen molar-refractivity contribution in [1.82, 2.24) is 24.6 Å². The van der Waals surface area contributed by atoms with Crippen molar-refractivity contribution in [1.29, 1.82) is 0 Å². The van der Waals surface area contributed by atoms with Gasteiger partial charge in [0, 0.05) is 49.6 Å². The fourth-order valence-electron chi connectivity index (χ4n) is 4.95. The van der Waals surface area contributed by atoms with Crippen LogP contribution in [0.25, 0.3) is 27.5 Å². The maximum absolute atomic E-state index is 11.7. The van der Waals surface area contributed by atoms with Gasteiger partial charge in [-0.05, 0) is 49.6 Å². The minimum Gasteiger partial charge on any atom is -0.394 e. The van der Waals surface area contributed by atoms with Crippen molar-refractivity contribution in [2.24, 2.45) is 5.16 Å². The summed E-state index contributed by atoms with van der Waals surface area (Å²) in [5.41, 5.74) is 7.88. The third-order valence-electron chi connectivity index (χ3n) is 6.99. The molecular formula is C29H31N7O3S. The highest BCUT2D eigenvalue weighted by molar-refractivity contribution is 7.19. The molecule has 2 aliphatic rings. The maximum Gasteiger partial charge on any atom is 0.223 e. The Labute approximate surface area is 236 Å². The standard InChI is InChI=1S/C29H31N7O3S/c1-19-3-6-22(18-30-19)26-24-9-10-25-28(40-29(33-25)32-20(2)37)27(24)36(34-26)23-7-4-21(5-8-23)17-31-39-16-13-35-11-14-38-15-12-35/h3-8,17-18H,9-16H2,1-2H3,(H,32,33,37). The van der Waals surface area contributed by atoms with Gasteiger partial charge in [0.2, 0.25) is 5.91 Å². The van der Waals surface area contributed by atoms with Gasteiger partial charge in [0.1, 0.15) is 6.61 Å². The molecule has 1 aliphatic heterocycles. The normalized spacial score (nSPS) is 15.2. The molecule has 0 atom stereocenters. The molecule has 11 heteroatoms. The Morgan fingerprint density at radius 1 is 1.18 bits per heavy atom. The summed E-state index contributed by atoms with van der Waals surface area (Å²) in [4.78, 5) is 29.7. The lowest BCUT2D eigenvalue weighted by atomic mass is 9.95. The Morgan fingerprint density at radius 2 is 2.00 bits per heavy atom. The van der Waals surface area contributed by atoms with Gasteiger partial charge < -0.3 is 14.9 Å². The number of fused-ring (bicyclic) bond motifs is 3. The van der Waals surface area contributed by atoms with Crippen LogP contribution in [0.2, 0.25) is 0 Å². The van der Waals surface area contributed by atoms with Crippen molar-refractivity contribution >= 4 is 28.6 Å². The highest BCUT2D eigenvalue weighted by Gasteiger charge is 2.30. The van der Waals surface area contributed by atoms with Crippen molar-refractivity contribution in [2.75, 3.05) is 44.8 Å². The number of amides is 1. The lowest BCUT2D eigenvalue weighted by molar-refractivity contribution is -0.114. The summed E-state index contributed by atoms with van der Waals surface area (Å²) < 4.78 is 7.36. The molecule has 1 saturated heterocycles. The monoisotopic (exact) mass is 557 g/mol. The number of hydrogen-bond acceptors (Lipinski definition) is 9. The van der Waals surface area contributed by atoms with Crippen LogP contribution in [0, 0.1) is 6.92 Å². The molecule has 40 heavy (non-hydrogen) atoms. The average Bonchev–Trinajstić information content (AvgIpc) is 3.55. The Balaban J connectivity index is 1.27. The first kappa shape index (κ1) is 26.3. The molecule has 6 rings (SSSR count). The summed E-state index contributed by atoms with van der Waals surface area (Å²) in [6, 6.07) is 12.1. The predicted octanol–water partition coefficient (Wildman–Crippen LogP) is 4.11. The van der Waals surface area contributed by atoms with E-state index in [1.807, 2.05) is 48.1 Å². The molecule has 1 aliphatic carbocycles. The Hall–Kier alpha value is -3.93. The number of rotatable bonds is 8. The molecule has 1 aromatic carbocycles. The van der Waals surface area contributed by atoms with E-state index in [1.165, 1.54) is 18.3 Å². The number of pyridine rings is 1. The number of hydrogen-bond donors (Lipinski definition) is 1. The van der Waals surface area contributed by atoms with Gasteiger partial charge in [-0.2, -0.15) is 5.10 Å². The number of nitrogens with one attached hydrogen (secondary N) is 1. The van der Waals surface area contributed by atoms with E-state index in [-0.39, 0.29) is 5.91 Å². The number of carbonyl (C=O) groups excluding carboxylic acids is 1. The number of ether oxygens (including phenoxy) is 1. The molecule has 0 spiro atoms. The average molecular weight is 558 g/mol. The highest BCUT2D eigenvalue weighted by atomic mass is 32.1. The van der Waals surface area contributed by atoms with E-state index in [9.17, 15) is 4.79 Å². The van der Waals surface area contributed by atoms with Crippen LogP contribution in [-0.2, 0) is 27.2 Å². The van der Waals surface area contributed by atoms with E-state index in [2.05, 4.69) is 26.4 Å². The molecule has 206 valence electrons. The molecular weight excluding hydrogens is 526 g/mol. The minimum atomic E-state index is -0.131. The van der Waals surface area contributed by atoms with Crippen molar-refractivity contribution in [2.45, 2.75) is 26.7 Å². The number of aromatic nitrogens is 4. The number of benzene rings is 1. The van der Waals surface area contributed by atoms with Crippen molar-refractivity contribution in [3.63, 3.8) is 0 Å². The van der Waals surface area contributed by atoms with Crippen LogP contribution < -0.4 is 5.32 Å². The van der Waals surface area contributed by atoms with Gasteiger partial charge in [0.15, 0.2) is 5.13 Å². The first-order valence-electron chi connectivity index (χ1n) is 13.4. The van der Waals surface area contributed by atoms with Gasteiger partial charge in [-0.15, -0.1) is 0 Å². The van der Waals surface area contributed by atoms with Gasteiger partial charge in [-0.3, -0.25) is 14.7 Å². The number of morpholine rings is 1. The van der Waals surface area contributed by atoms with E-state index in [1.54, 1.807) is 6.21 Å². The van der Waals surface area contributed by atoms with E-state index in [0.717, 1.165) is 95.7 Å². The quantitative estimate of drug-likeness (QED) is 0.197. The first-order chi connectivity index (χ1) is 19.5. The topological polar surface area (TPSA) is 107 Å². The first-order valence-corrected chi connectivity index (χ1v) is 14.3. The third-order valence-corrected chi connectivity index (χ3v) is 8.01. The Kier molecular flexibility index (Phi) is 7.67. The summed E-state index contributed by atoms with van der Waals surface area (Å²) in [7, 11) is 0. The lowest BCUT2D eigenvalue weighted by Gasteiger charge is -2.25. The number of thiazole rings is 1. The van der Waals surface area contributed by atoms with Gasteiger partial charge in [-0.25, -0.2) is 9.67 Å². The smallest absolute Gasteiger partial charge is 0.223 e. The number of carbonyl (C=O) groups is 1. The molecule has 0 saturated carbocycles. The highest BCUT2D eigenvalue weighted by Crippen LogP contribution is 2.44. The number of aryl methyl sites for hydroxylation is 2. The number of anilines is 1. The number of nitrogens with zero attached hydrogens (tertiary/aromatic N) is 6. The Bertz CT molecular complexity index is 1520. The second kappa shape index (κ2) is 11.7. The van der Waals surface area contributed by atoms with E-state index in [4.69, 9.17) is 19.7 Å². The second-order valence-electron chi connectivity index (χ2n) is 9.87. The van der Waals surface area contributed by atoms with Crippen LogP contribution in [0.15, 0.2) is 47.8 Å². The maximum atomic E-state index is 11.7. The van der Waals surface area contributed by atoms with Crippen molar-refractivity contribution in [3.8, 4) is 27.5 Å². The fraction of sp³-hybridized carbons (Fsp3) is 0.345. The summed E-state index contributed by atoms with van der Waals surface area (Å²) >= 11 is 1.49. The number of oxime groups is 1. The van der Waals surface area contributed by atoms with Crippen LogP contribution >= 0.6 is 11.3 Å². The summed E-state index contributed by atoms with van der Waals surface area (Å²) in [5, 5.41) is 12.7. The molecule has 1 amide bonds. The van der Waals surface area contributed by atoms with Crippen molar-refractivity contribution < 1.29 is 14.4 Å². The second-order valence-corrected chi connectivity index (χ2v) is 10.9. The predicted molar refractivity (Wildman–Crippen MR) is 155 cm³/mol. The van der Waals surface area contributed by atoms with Crippen molar-refractivity contribution in [3.05, 3.63) is 65.1 Å². The van der Waals surface area contributed by atoms with Gasteiger partial charge in [0.25, 0.3) is 0 Å². The molecule has 0 unspecified atom stereocenters. The zero-order chi connectivity index (χ0) is 27.5. The largest absolute Gasteiger partial charge is 0.394 e. The summed E-state index contributed by atoms with van der Waals surface area (Å²) in [6.45, 7) is 8.29. The molecule has 3 aromatic heterocycles. The van der Waals surface area contributed by atoms with Crippen LogP contribution in [0.4, 0.5) is 5.13 Å². The van der Waals surface area contributed by atoms with Crippen LogP contribution in [-0.4, -0.2) is 76.2 Å². The molecule has 0 radical (unpaired) electrons. The molecule has 1 fully saturated rings. The summed E-state index contributed by atoms with van der Waals surface area (Å²) in [6.07, 6.45) is 5.20. The van der Waals surface area contributed by atoms with E-state index in [0.29, 0.717) is 11.7 Å². The van der Waals surface area contributed by atoms with Crippen LogP contribution in [0.3, 0.4) is 0 Å². The van der Waals surface area contributed by atoms with E-state index < -0.39 is 0 Å². The summed E-state index contributed by atoms with van der Waals surface area (Å²) in [5.74, 6) is -0.131. The molecule has 4 aromatic rings. The minimum absolute atomic E-state index is 0.131. The van der Waals surface area contributed by atoms with Crippen LogP contribution in [0.5, 0.6) is 0 Å². The van der Waals surface area contributed by atoms with Gasteiger partial charge >= 0.3 is 0 Å².